The topological polar surface area (TPSA) is 85.3 Å². The molecule has 5 heteroatoms. The molecule has 0 aliphatic rings. The van der Waals surface area contributed by atoms with Gasteiger partial charge in [-0.2, -0.15) is 5.26 Å². The van der Waals surface area contributed by atoms with Crippen LogP contribution in [-0.2, 0) is 4.74 Å². The lowest BCUT2D eigenvalue weighted by Crippen LogP contribution is -2.05. The Balaban J connectivity index is 2.21. The monoisotopic (exact) mass is 282 g/mol. The van der Waals surface area contributed by atoms with Gasteiger partial charge in [0.25, 0.3) is 0 Å². The number of carbonyl (C=O) groups excluding carboxylic acids is 1. The molecule has 0 aromatic heterocycles. The van der Waals surface area contributed by atoms with Crippen LogP contribution in [0.1, 0.15) is 22.8 Å². The number of nitrogen functional groups attached to an aromatic ring is 1. The summed E-state index contributed by atoms with van der Waals surface area (Å²) in [6.07, 6.45) is 0. The molecule has 0 aliphatic carbocycles. The van der Waals surface area contributed by atoms with E-state index >= 15 is 0 Å². The number of nitrogens with zero attached hydrogens (tertiary/aromatic N) is 1. The largest absolute Gasteiger partial charge is 0.462 e. The Kier molecular flexibility index (Phi) is 4.42. The van der Waals surface area contributed by atoms with Crippen LogP contribution < -0.4 is 10.5 Å². The molecule has 0 bridgehead atoms. The van der Waals surface area contributed by atoms with E-state index in [1.807, 2.05) is 6.07 Å². The first-order valence-corrected chi connectivity index (χ1v) is 6.38. The number of ether oxygens (including phenoxy) is 2. The van der Waals surface area contributed by atoms with Gasteiger partial charge < -0.3 is 15.2 Å². The number of hydrogen-bond donors (Lipinski definition) is 1. The number of benzene rings is 2. The van der Waals surface area contributed by atoms with E-state index in [0.29, 0.717) is 34.9 Å². The first kappa shape index (κ1) is 14.4. The van der Waals surface area contributed by atoms with Crippen LogP contribution in [0, 0.1) is 11.3 Å². The van der Waals surface area contributed by atoms with E-state index in [-0.39, 0.29) is 0 Å². The minimum absolute atomic E-state index is 0.304. The highest BCUT2D eigenvalue weighted by molar-refractivity contribution is 5.91. The standard InChI is InChI=1S/C16H14N2O3/c1-2-20-16(19)12-6-7-15(14(18)9-12)21-13-5-3-4-11(8-13)10-17/h3-9H,2,18H2,1H3. The highest BCUT2D eigenvalue weighted by Gasteiger charge is 2.10. The van der Waals surface area contributed by atoms with Gasteiger partial charge in [-0.1, -0.05) is 6.07 Å². The molecule has 5 nitrogen and oxygen atoms in total. The predicted molar refractivity (Wildman–Crippen MR) is 78.0 cm³/mol. The van der Waals surface area contributed by atoms with Gasteiger partial charge >= 0.3 is 5.97 Å². The summed E-state index contributed by atoms with van der Waals surface area (Å²) in [6, 6.07) is 13.4. The van der Waals surface area contributed by atoms with Gasteiger partial charge in [-0.05, 0) is 43.3 Å². The lowest BCUT2D eigenvalue weighted by molar-refractivity contribution is 0.0526. The molecule has 0 saturated heterocycles. The van der Waals surface area contributed by atoms with Gasteiger partial charge in [0.15, 0.2) is 0 Å². The second-order valence-corrected chi connectivity index (χ2v) is 4.21. The van der Waals surface area contributed by atoms with E-state index in [4.69, 9.17) is 20.5 Å². The van der Waals surface area contributed by atoms with Crippen LogP contribution in [0.2, 0.25) is 0 Å². The molecule has 2 aromatic rings. The van der Waals surface area contributed by atoms with Gasteiger partial charge in [-0.15, -0.1) is 0 Å². The zero-order valence-electron chi connectivity index (χ0n) is 11.5. The number of rotatable bonds is 4. The molecule has 2 rings (SSSR count). The van der Waals surface area contributed by atoms with Crippen molar-refractivity contribution in [1.82, 2.24) is 0 Å². The fourth-order valence-corrected chi connectivity index (χ4v) is 1.74. The van der Waals surface area contributed by atoms with Gasteiger partial charge in [0.2, 0.25) is 0 Å². The van der Waals surface area contributed by atoms with Crippen molar-refractivity contribution in [2.45, 2.75) is 6.92 Å². The highest BCUT2D eigenvalue weighted by Crippen LogP contribution is 2.28. The summed E-state index contributed by atoms with van der Waals surface area (Å²) >= 11 is 0. The second-order valence-electron chi connectivity index (χ2n) is 4.21. The maximum absolute atomic E-state index is 11.6. The summed E-state index contributed by atoms with van der Waals surface area (Å²) in [6.45, 7) is 2.04. The molecule has 2 N–H and O–H groups in total. The maximum Gasteiger partial charge on any atom is 0.338 e. The van der Waals surface area contributed by atoms with Gasteiger partial charge in [0.05, 0.1) is 29.5 Å². The minimum atomic E-state index is -0.428. The summed E-state index contributed by atoms with van der Waals surface area (Å²) in [7, 11) is 0. The Bertz CT molecular complexity index is 705. The molecule has 0 unspecified atom stereocenters. The Labute approximate surface area is 122 Å². The van der Waals surface area contributed by atoms with Crippen molar-refractivity contribution < 1.29 is 14.3 Å². The number of hydrogen-bond acceptors (Lipinski definition) is 5. The third kappa shape index (κ3) is 3.51. The Morgan fingerprint density at radius 3 is 2.76 bits per heavy atom. The molecule has 0 spiro atoms. The molecule has 0 radical (unpaired) electrons. The van der Waals surface area contributed by atoms with E-state index in [1.165, 1.54) is 6.07 Å². The van der Waals surface area contributed by atoms with Crippen molar-refractivity contribution in [3.05, 3.63) is 53.6 Å². The van der Waals surface area contributed by atoms with Crippen molar-refractivity contribution in [1.29, 1.82) is 5.26 Å². The van der Waals surface area contributed by atoms with Crippen LogP contribution in [0.25, 0.3) is 0 Å². The molecule has 0 atom stereocenters. The van der Waals surface area contributed by atoms with E-state index in [2.05, 4.69) is 0 Å². The van der Waals surface area contributed by atoms with Crippen molar-refractivity contribution in [3.63, 3.8) is 0 Å². The molecular formula is C16H14N2O3. The zero-order chi connectivity index (χ0) is 15.2. The Morgan fingerprint density at radius 1 is 1.29 bits per heavy atom. The summed E-state index contributed by atoms with van der Waals surface area (Å²) in [5, 5.41) is 8.85. The van der Waals surface area contributed by atoms with Crippen molar-refractivity contribution in [3.8, 4) is 17.6 Å². The summed E-state index contributed by atoms with van der Waals surface area (Å²) in [5.74, 6) is 0.491. The molecular weight excluding hydrogens is 268 g/mol. The second kappa shape index (κ2) is 6.44. The quantitative estimate of drug-likeness (QED) is 0.688. The fraction of sp³-hybridized carbons (Fsp3) is 0.125. The molecule has 0 amide bonds. The number of nitriles is 1. The Morgan fingerprint density at radius 2 is 2.10 bits per heavy atom. The maximum atomic E-state index is 11.6. The average molecular weight is 282 g/mol. The average Bonchev–Trinajstić information content (AvgIpc) is 2.49. The first-order valence-electron chi connectivity index (χ1n) is 6.38. The van der Waals surface area contributed by atoms with E-state index in [0.717, 1.165) is 0 Å². The van der Waals surface area contributed by atoms with Crippen LogP contribution in [0.4, 0.5) is 5.69 Å². The number of nitrogens with two attached hydrogens (primary N) is 1. The van der Waals surface area contributed by atoms with Crippen molar-refractivity contribution >= 4 is 11.7 Å². The summed E-state index contributed by atoms with van der Waals surface area (Å²) < 4.78 is 10.5. The Hall–Kier alpha value is -3.00. The zero-order valence-corrected chi connectivity index (χ0v) is 11.5. The van der Waals surface area contributed by atoms with Gasteiger partial charge in [-0.25, -0.2) is 4.79 Å². The van der Waals surface area contributed by atoms with Crippen LogP contribution in [0.15, 0.2) is 42.5 Å². The molecule has 0 heterocycles. The number of anilines is 1. The molecule has 0 aliphatic heterocycles. The lowest BCUT2D eigenvalue weighted by Gasteiger charge is -2.10. The van der Waals surface area contributed by atoms with Crippen LogP contribution >= 0.6 is 0 Å². The highest BCUT2D eigenvalue weighted by atomic mass is 16.5. The van der Waals surface area contributed by atoms with Crippen LogP contribution in [0.5, 0.6) is 11.5 Å². The smallest absolute Gasteiger partial charge is 0.338 e. The molecule has 0 saturated carbocycles. The lowest BCUT2D eigenvalue weighted by atomic mass is 10.2. The van der Waals surface area contributed by atoms with E-state index < -0.39 is 5.97 Å². The third-order valence-corrected chi connectivity index (χ3v) is 2.71. The fourth-order valence-electron chi connectivity index (χ4n) is 1.74. The van der Waals surface area contributed by atoms with Gasteiger partial charge in [0.1, 0.15) is 11.5 Å². The minimum Gasteiger partial charge on any atom is -0.462 e. The first-order chi connectivity index (χ1) is 10.1. The number of carbonyl (C=O) groups is 1. The molecule has 106 valence electrons. The van der Waals surface area contributed by atoms with Gasteiger partial charge in [-0.3, -0.25) is 0 Å². The predicted octanol–water partition coefficient (Wildman–Crippen LogP) is 3.11. The van der Waals surface area contributed by atoms with E-state index in [9.17, 15) is 4.79 Å². The van der Waals surface area contributed by atoms with E-state index in [1.54, 1.807) is 43.3 Å². The van der Waals surface area contributed by atoms with Crippen LogP contribution in [0.3, 0.4) is 0 Å². The number of esters is 1. The third-order valence-electron chi connectivity index (χ3n) is 2.71. The van der Waals surface area contributed by atoms with Crippen molar-refractivity contribution in [2.75, 3.05) is 12.3 Å². The molecule has 0 fully saturated rings. The molecule has 2 aromatic carbocycles. The summed E-state index contributed by atoms with van der Waals surface area (Å²) in [4.78, 5) is 11.6. The SMILES string of the molecule is CCOC(=O)c1ccc(Oc2cccc(C#N)c2)c(N)c1. The molecule has 21 heavy (non-hydrogen) atoms. The summed E-state index contributed by atoms with van der Waals surface area (Å²) in [5.41, 5.74) is 7.06. The van der Waals surface area contributed by atoms with Crippen molar-refractivity contribution in [2.24, 2.45) is 0 Å². The van der Waals surface area contributed by atoms with Crippen LogP contribution in [-0.4, -0.2) is 12.6 Å². The normalized spacial score (nSPS) is 9.71. The van der Waals surface area contributed by atoms with Gasteiger partial charge in [0, 0.05) is 0 Å².